The second kappa shape index (κ2) is 5.92. The van der Waals surface area contributed by atoms with Crippen molar-refractivity contribution in [3.8, 4) is 0 Å². The van der Waals surface area contributed by atoms with Crippen LogP contribution in [-0.2, 0) is 4.79 Å². The van der Waals surface area contributed by atoms with E-state index in [-0.39, 0.29) is 5.91 Å². The molecule has 1 aliphatic rings. The van der Waals surface area contributed by atoms with Gasteiger partial charge in [-0.15, -0.1) is 0 Å². The Hall–Kier alpha value is -2.08. The molecule has 1 aliphatic heterocycles. The molecule has 2 rings (SSSR count). The number of nitrogens with two attached hydrogens (primary N) is 1. The van der Waals surface area contributed by atoms with E-state index in [1.807, 2.05) is 6.92 Å². The highest BCUT2D eigenvalue weighted by molar-refractivity contribution is 5.96. The monoisotopic (exact) mass is 276 g/mol. The van der Waals surface area contributed by atoms with Crippen LogP contribution < -0.4 is 21.7 Å². The van der Waals surface area contributed by atoms with Gasteiger partial charge in [-0.3, -0.25) is 4.79 Å². The second-order valence-electron chi connectivity index (χ2n) is 5.37. The number of anilines is 2. The van der Waals surface area contributed by atoms with Crippen molar-refractivity contribution in [3.05, 3.63) is 24.3 Å². The van der Waals surface area contributed by atoms with Gasteiger partial charge in [-0.25, -0.2) is 4.79 Å². The zero-order chi connectivity index (χ0) is 14.6. The molecule has 1 unspecified atom stereocenters. The summed E-state index contributed by atoms with van der Waals surface area (Å²) in [6.07, 6.45) is 1.86. The van der Waals surface area contributed by atoms with Crippen molar-refractivity contribution in [2.75, 3.05) is 23.7 Å². The minimum Gasteiger partial charge on any atom is -0.351 e. The van der Waals surface area contributed by atoms with Crippen LogP contribution in [0.1, 0.15) is 19.8 Å². The average molecular weight is 276 g/mol. The van der Waals surface area contributed by atoms with Crippen molar-refractivity contribution in [1.82, 2.24) is 5.32 Å². The number of carbonyl (C=O) groups excluding carboxylic acids is 2. The first-order chi connectivity index (χ1) is 9.49. The van der Waals surface area contributed by atoms with Crippen LogP contribution in [0.15, 0.2) is 24.3 Å². The van der Waals surface area contributed by atoms with E-state index in [1.54, 1.807) is 24.3 Å². The number of primary amides is 1. The third-order valence-electron chi connectivity index (χ3n) is 3.53. The van der Waals surface area contributed by atoms with E-state index in [4.69, 9.17) is 5.73 Å². The highest BCUT2D eigenvalue weighted by Gasteiger charge is 2.34. The molecule has 0 aliphatic carbocycles. The second-order valence-corrected chi connectivity index (χ2v) is 5.37. The number of hydrogen-bond acceptors (Lipinski definition) is 3. The molecular formula is C14H20N4O2. The summed E-state index contributed by atoms with van der Waals surface area (Å²) in [6.45, 7) is 3.60. The van der Waals surface area contributed by atoms with Gasteiger partial charge < -0.3 is 21.7 Å². The maximum atomic E-state index is 12.4. The highest BCUT2D eigenvalue weighted by Crippen LogP contribution is 2.27. The van der Waals surface area contributed by atoms with Crippen LogP contribution in [0, 0.1) is 5.41 Å². The van der Waals surface area contributed by atoms with Gasteiger partial charge in [-0.1, -0.05) is 6.07 Å². The predicted molar refractivity (Wildman–Crippen MR) is 78.5 cm³/mol. The molecule has 1 aromatic carbocycles. The van der Waals surface area contributed by atoms with E-state index in [0.717, 1.165) is 19.4 Å². The number of benzene rings is 1. The van der Waals surface area contributed by atoms with Crippen molar-refractivity contribution in [3.63, 3.8) is 0 Å². The predicted octanol–water partition coefficient (Wildman–Crippen LogP) is 1.51. The third-order valence-corrected chi connectivity index (χ3v) is 3.53. The zero-order valence-electron chi connectivity index (χ0n) is 11.5. The number of urea groups is 1. The summed E-state index contributed by atoms with van der Waals surface area (Å²) in [6, 6.07) is 6.30. The van der Waals surface area contributed by atoms with Gasteiger partial charge in [-0.05, 0) is 44.5 Å². The van der Waals surface area contributed by atoms with E-state index in [1.165, 1.54) is 0 Å². The van der Waals surface area contributed by atoms with Gasteiger partial charge in [-0.2, -0.15) is 0 Å². The first kappa shape index (κ1) is 14.3. The molecule has 1 saturated heterocycles. The molecule has 0 spiro atoms. The molecule has 3 amide bonds. The summed E-state index contributed by atoms with van der Waals surface area (Å²) in [5, 5.41) is 8.62. The Kier molecular flexibility index (Phi) is 4.24. The lowest BCUT2D eigenvalue weighted by Gasteiger charge is -2.32. The van der Waals surface area contributed by atoms with Crippen LogP contribution in [0.3, 0.4) is 0 Å². The fourth-order valence-corrected chi connectivity index (χ4v) is 2.35. The van der Waals surface area contributed by atoms with Gasteiger partial charge in [0, 0.05) is 17.9 Å². The summed E-state index contributed by atoms with van der Waals surface area (Å²) in [4.78, 5) is 23.2. The summed E-state index contributed by atoms with van der Waals surface area (Å²) in [5.74, 6) is -0.0130. The van der Waals surface area contributed by atoms with Crippen LogP contribution in [0.2, 0.25) is 0 Å². The Morgan fingerprint density at radius 2 is 2.00 bits per heavy atom. The molecule has 0 bridgehead atoms. The van der Waals surface area contributed by atoms with E-state index in [9.17, 15) is 9.59 Å². The lowest BCUT2D eigenvalue weighted by atomic mass is 9.82. The largest absolute Gasteiger partial charge is 0.351 e. The van der Waals surface area contributed by atoms with Crippen LogP contribution in [0.5, 0.6) is 0 Å². The molecule has 1 aromatic rings. The summed E-state index contributed by atoms with van der Waals surface area (Å²) < 4.78 is 0. The fourth-order valence-electron chi connectivity index (χ4n) is 2.35. The zero-order valence-corrected chi connectivity index (χ0v) is 11.5. The molecule has 0 aromatic heterocycles. The van der Waals surface area contributed by atoms with Crippen LogP contribution in [-0.4, -0.2) is 25.0 Å². The molecule has 20 heavy (non-hydrogen) atoms. The molecule has 0 radical (unpaired) electrons. The molecule has 1 atom stereocenters. The number of carbonyl (C=O) groups is 2. The molecule has 0 saturated carbocycles. The molecular weight excluding hydrogens is 256 g/mol. The average Bonchev–Trinajstić information content (AvgIpc) is 2.39. The maximum Gasteiger partial charge on any atom is 0.316 e. The van der Waals surface area contributed by atoms with Gasteiger partial charge in [0.2, 0.25) is 5.91 Å². The smallest absolute Gasteiger partial charge is 0.316 e. The number of piperidine rings is 1. The van der Waals surface area contributed by atoms with Crippen LogP contribution in [0.4, 0.5) is 16.2 Å². The third kappa shape index (κ3) is 3.48. The fraction of sp³-hybridized carbons (Fsp3) is 0.429. The Morgan fingerprint density at radius 3 is 2.60 bits per heavy atom. The van der Waals surface area contributed by atoms with Crippen LogP contribution >= 0.6 is 0 Å². The van der Waals surface area contributed by atoms with E-state index in [0.29, 0.717) is 17.9 Å². The van der Waals surface area contributed by atoms with E-state index < -0.39 is 11.4 Å². The summed E-state index contributed by atoms with van der Waals surface area (Å²) >= 11 is 0. The minimum absolute atomic E-state index is 0.0130. The highest BCUT2D eigenvalue weighted by atomic mass is 16.2. The van der Waals surface area contributed by atoms with Crippen molar-refractivity contribution >= 4 is 23.3 Å². The maximum absolute atomic E-state index is 12.4. The Labute approximate surface area is 118 Å². The first-order valence-electron chi connectivity index (χ1n) is 6.68. The molecule has 6 nitrogen and oxygen atoms in total. The molecule has 1 fully saturated rings. The Bertz CT molecular complexity index is 510. The van der Waals surface area contributed by atoms with Crippen molar-refractivity contribution in [2.24, 2.45) is 11.1 Å². The van der Waals surface area contributed by atoms with Gasteiger partial charge >= 0.3 is 6.03 Å². The normalized spacial score (nSPS) is 22.1. The summed E-state index contributed by atoms with van der Waals surface area (Å²) in [7, 11) is 0. The lowest BCUT2D eigenvalue weighted by Crippen LogP contribution is -2.46. The molecule has 5 N–H and O–H groups in total. The number of hydrogen-bond donors (Lipinski definition) is 4. The Morgan fingerprint density at radius 1 is 1.30 bits per heavy atom. The van der Waals surface area contributed by atoms with Crippen molar-refractivity contribution in [2.45, 2.75) is 19.8 Å². The van der Waals surface area contributed by atoms with Gasteiger partial charge in [0.25, 0.3) is 0 Å². The van der Waals surface area contributed by atoms with Crippen molar-refractivity contribution in [1.29, 1.82) is 0 Å². The first-order valence-corrected chi connectivity index (χ1v) is 6.68. The van der Waals surface area contributed by atoms with Crippen LogP contribution in [0.25, 0.3) is 0 Å². The quantitative estimate of drug-likeness (QED) is 0.673. The van der Waals surface area contributed by atoms with E-state index in [2.05, 4.69) is 16.0 Å². The molecule has 108 valence electrons. The molecule has 6 heteroatoms. The molecule has 1 heterocycles. The van der Waals surface area contributed by atoms with Gasteiger partial charge in [0.1, 0.15) is 0 Å². The number of nitrogens with one attached hydrogen (secondary N) is 3. The van der Waals surface area contributed by atoms with Crippen molar-refractivity contribution < 1.29 is 9.59 Å². The Balaban J connectivity index is 2.05. The SMILES string of the molecule is CC1(C(=O)Nc2cccc(NC(N)=O)c2)CCCNC1. The lowest BCUT2D eigenvalue weighted by molar-refractivity contribution is -0.125. The van der Waals surface area contributed by atoms with Gasteiger partial charge in [0.05, 0.1) is 5.41 Å². The summed E-state index contributed by atoms with van der Waals surface area (Å²) in [5.41, 5.74) is 5.87. The standard InChI is InChI=1S/C14H20N4O2/c1-14(6-3-7-16-9-14)12(19)17-10-4-2-5-11(8-10)18-13(15)20/h2,4-5,8,16H,3,6-7,9H2,1H3,(H,17,19)(H3,15,18,20). The van der Waals surface area contributed by atoms with Gasteiger partial charge in [0.15, 0.2) is 0 Å². The van der Waals surface area contributed by atoms with E-state index >= 15 is 0 Å². The minimum atomic E-state index is -0.628. The number of rotatable bonds is 3. The number of amides is 3. The topological polar surface area (TPSA) is 96.2 Å².